The molecule has 0 atom stereocenters. The fraction of sp³-hybridized carbons (Fsp3) is 0.429. The molecule has 0 aromatic carbocycles. The Balaban J connectivity index is 2.85. The molecule has 1 N–H and O–H groups in total. The van der Waals surface area contributed by atoms with E-state index in [1.54, 1.807) is 0 Å². The number of nitrogens with one attached hydrogen (secondary N) is 1. The Bertz CT molecular complexity index is 191. The summed E-state index contributed by atoms with van der Waals surface area (Å²) in [6, 6.07) is 2.20. The van der Waals surface area contributed by atoms with Gasteiger partial charge in [-0.3, -0.25) is 0 Å². The summed E-state index contributed by atoms with van der Waals surface area (Å²) < 4.78 is 0. The lowest BCUT2D eigenvalue weighted by Gasteiger charge is -1.85. The van der Waals surface area contributed by atoms with Gasteiger partial charge in [-0.15, -0.1) is 0 Å². The number of H-pyrrole nitrogens is 1. The van der Waals surface area contributed by atoms with Crippen molar-refractivity contribution in [2.24, 2.45) is 0 Å². The summed E-state index contributed by atoms with van der Waals surface area (Å²) in [5.74, 6) is 0. The predicted molar refractivity (Wildman–Crippen MR) is 43.0 cm³/mol. The van der Waals surface area contributed by atoms with Gasteiger partial charge in [0.05, 0.1) is 6.20 Å². The molecular weight excluding hydrogens is 130 g/mol. The third-order valence-electron chi connectivity index (χ3n) is 1.27. The van der Waals surface area contributed by atoms with Crippen LogP contribution in [0.2, 0.25) is 0 Å². The lowest BCUT2D eigenvalue weighted by molar-refractivity contribution is 1.26. The molecule has 0 radical (unpaired) electrons. The third kappa shape index (κ3) is 1.52. The van der Waals surface area contributed by atoms with E-state index in [9.17, 15) is 0 Å². The predicted octanol–water partition coefficient (Wildman–Crippen LogP) is 1.56. The molecule has 0 fully saturated rings. The first-order valence-corrected chi connectivity index (χ1v) is 4.97. The first-order chi connectivity index (χ1) is 4.20. The van der Waals surface area contributed by atoms with E-state index >= 15 is 0 Å². The number of aromatic amines is 1. The lowest BCUT2D eigenvalue weighted by Crippen LogP contribution is -1.91. The van der Waals surface area contributed by atoms with E-state index in [1.807, 2.05) is 0 Å². The average Bonchev–Trinajstić information content (AvgIpc) is 2.14. The van der Waals surface area contributed by atoms with Gasteiger partial charge in [-0.1, -0.05) is 0 Å². The highest BCUT2D eigenvalue weighted by Gasteiger charge is 2.07. The zero-order valence-electron chi connectivity index (χ0n) is 6.06. The third-order valence-corrected chi connectivity index (χ3v) is 2.45. The van der Waals surface area contributed by atoms with Crippen molar-refractivity contribution in [2.45, 2.75) is 11.8 Å². The Labute approximate surface area is 58.8 Å². The van der Waals surface area contributed by atoms with Crippen LogP contribution >= 0.6 is 0 Å². The zero-order chi connectivity index (χ0) is 6.85. The first kappa shape index (κ1) is 6.75. The van der Waals surface area contributed by atoms with E-state index in [4.69, 9.17) is 0 Å². The molecule has 1 aromatic heterocycles. The molecule has 0 saturated carbocycles. The first-order valence-electron chi connectivity index (χ1n) is 2.93. The second kappa shape index (κ2) is 2.48. The highest BCUT2D eigenvalue weighted by molar-refractivity contribution is 7.95. The minimum atomic E-state index is 0.411. The number of aryl methyl sites for hydroxylation is 1. The fourth-order valence-corrected chi connectivity index (χ4v) is 1.42. The molecule has 2 heteroatoms. The van der Waals surface area contributed by atoms with Crippen molar-refractivity contribution in [3.63, 3.8) is 0 Å². The highest BCUT2D eigenvalue weighted by atomic mass is 32.2. The SMILES string of the molecule is Cc1cc([S+](C)C)c[nH]1. The van der Waals surface area contributed by atoms with Crippen molar-refractivity contribution < 1.29 is 0 Å². The van der Waals surface area contributed by atoms with Gasteiger partial charge < -0.3 is 4.98 Å². The summed E-state index contributed by atoms with van der Waals surface area (Å²) in [4.78, 5) is 4.58. The van der Waals surface area contributed by atoms with Gasteiger partial charge in [-0.2, -0.15) is 0 Å². The van der Waals surface area contributed by atoms with Crippen LogP contribution in [-0.4, -0.2) is 17.5 Å². The van der Waals surface area contributed by atoms with E-state index < -0.39 is 0 Å². The maximum Gasteiger partial charge on any atom is 0.172 e. The molecule has 1 aromatic rings. The van der Waals surface area contributed by atoms with Gasteiger partial charge in [0, 0.05) is 22.7 Å². The molecule has 0 aliphatic heterocycles. The van der Waals surface area contributed by atoms with Crippen LogP contribution in [0, 0.1) is 6.92 Å². The summed E-state index contributed by atoms with van der Waals surface area (Å²) in [5.41, 5.74) is 1.26. The van der Waals surface area contributed by atoms with Crippen LogP contribution in [0.15, 0.2) is 17.2 Å². The van der Waals surface area contributed by atoms with Crippen LogP contribution in [0.3, 0.4) is 0 Å². The maximum absolute atomic E-state index is 3.16. The van der Waals surface area contributed by atoms with Gasteiger partial charge in [-0.25, -0.2) is 0 Å². The molecule has 50 valence electrons. The largest absolute Gasteiger partial charge is 0.361 e. The van der Waals surface area contributed by atoms with Crippen molar-refractivity contribution in [3.05, 3.63) is 18.0 Å². The lowest BCUT2D eigenvalue weighted by atomic mass is 10.5. The van der Waals surface area contributed by atoms with Gasteiger partial charge in [0.1, 0.15) is 12.5 Å². The number of hydrogen-bond donors (Lipinski definition) is 1. The van der Waals surface area contributed by atoms with Crippen LogP contribution in [0.5, 0.6) is 0 Å². The summed E-state index contributed by atoms with van der Waals surface area (Å²) in [5, 5.41) is 0. The Hall–Kier alpha value is -0.370. The van der Waals surface area contributed by atoms with Gasteiger partial charge >= 0.3 is 0 Å². The van der Waals surface area contributed by atoms with Crippen LogP contribution in [0.25, 0.3) is 0 Å². The molecule has 1 heterocycles. The highest BCUT2D eigenvalue weighted by Crippen LogP contribution is 2.08. The van der Waals surface area contributed by atoms with E-state index in [0.29, 0.717) is 10.9 Å². The molecular formula is C7H12NS+. The number of aromatic nitrogens is 1. The van der Waals surface area contributed by atoms with Crippen molar-refractivity contribution in [1.82, 2.24) is 4.98 Å². The maximum atomic E-state index is 3.16. The Kier molecular flexibility index (Phi) is 1.86. The Morgan fingerprint density at radius 3 is 2.33 bits per heavy atom. The molecule has 0 amide bonds. The van der Waals surface area contributed by atoms with Crippen LogP contribution in [-0.2, 0) is 10.9 Å². The number of rotatable bonds is 1. The van der Waals surface area contributed by atoms with Gasteiger partial charge in [-0.05, 0) is 6.92 Å². The van der Waals surface area contributed by atoms with E-state index in [1.165, 1.54) is 10.6 Å². The molecule has 0 spiro atoms. The second-order valence-electron chi connectivity index (χ2n) is 2.33. The molecule has 0 aliphatic carbocycles. The minimum absolute atomic E-state index is 0.411. The summed E-state index contributed by atoms with van der Waals surface area (Å²) >= 11 is 0. The fourth-order valence-electron chi connectivity index (χ4n) is 0.717. The standard InChI is InChI=1S/C7H12NS/c1-6-4-7(5-8-6)9(2)3/h4-5,8H,1-3H3/q+1. The Morgan fingerprint density at radius 2 is 2.11 bits per heavy atom. The summed E-state index contributed by atoms with van der Waals surface area (Å²) in [6.45, 7) is 2.08. The molecule has 9 heavy (non-hydrogen) atoms. The van der Waals surface area contributed by atoms with Gasteiger partial charge in [0.15, 0.2) is 4.90 Å². The van der Waals surface area contributed by atoms with Crippen LogP contribution < -0.4 is 0 Å². The molecule has 0 aliphatic rings. The molecule has 1 nitrogen and oxygen atoms in total. The van der Waals surface area contributed by atoms with Gasteiger partial charge in [0.25, 0.3) is 0 Å². The smallest absolute Gasteiger partial charge is 0.172 e. The van der Waals surface area contributed by atoms with Crippen molar-refractivity contribution in [1.29, 1.82) is 0 Å². The van der Waals surface area contributed by atoms with Crippen LogP contribution in [0.1, 0.15) is 5.69 Å². The topological polar surface area (TPSA) is 15.8 Å². The quantitative estimate of drug-likeness (QED) is 0.573. The monoisotopic (exact) mass is 142 g/mol. The average molecular weight is 142 g/mol. The molecule has 0 bridgehead atoms. The zero-order valence-corrected chi connectivity index (χ0v) is 6.88. The van der Waals surface area contributed by atoms with E-state index in [-0.39, 0.29) is 0 Å². The molecule has 0 unspecified atom stereocenters. The molecule has 1 rings (SSSR count). The van der Waals surface area contributed by atoms with Crippen molar-refractivity contribution in [3.8, 4) is 0 Å². The molecule has 0 saturated heterocycles. The Morgan fingerprint density at radius 1 is 1.44 bits per heavy atom. The summed E-state index contributed by atoms with van der Waals surface area (Å²) in [6.07, 6.45) is 6.53. The number of hydrogen-bond acceptors (Lipinski definition) is 0. The van der Waals surface area contributed by atoms with E-state index in [2.05, 4.69) is 36.7 Å². The minimum Gasteiger partial charge on any atom is -0.361 e. The summed E-state index contributed by atoms with van der Waals surface area (Å²) in [7, 11) is 0.411. The van der Waals surface area contributed by atoms with Crippen molar-refractivity contribution in [2.75, 3.05) is 12.5 Å². The van der Waals surface area contributed by atoms with Crippen LogP contribution in [0.4, 0.5) is 0 Å². The second-order valence-corrected chi connectivity index (χ2v) is 4.44. The normalized spacial score (nSPS) is 10.7. The van der Waals surface area contributed by atoms with E-state index in [0.717, 1.165) is 0 Å². The van der Waals surface area contributed by atoms with Gasteiger partial charge in [0.2, 0.25) is 0 Å². The van der Waals surface area contributed by atoms with Crippen molar-refractivity contribution >= 4 is 10.9 Å².